The van der Waals surface area contributed by atoms with Crippen LogP contribution in [0, 0.1) is 0 Å². The molecule has 0 unspecified atom stereocenters. The first-order valence-electron chi connectivity index (χ1n) is 11.6. The highest BCUT2D eigenvalue weighted by atomic mass is 32.2. The van der Waals surface area contributed by atoms with E-state index in [1.165, 1.54) is 5.56 Å². The molecule has 0 saturated carbocycles. The van der Waals surface area contributed by atoms with Crippen molar-refractivity contribution >= 4 is 23.6 Å². The Morgan fingerprint density at radius 3 is 2.38 bits per heavy atom. The van der Waals surface area contributed by atoms with Crippen LogP contribution >= 0.6 is 11.8 Å². The average Bonchev–Trinajstić information content (AvgIpc) is 3.22. The van der Waals surface area contributed by atoms with Gasteiger partial charge < -0.3 is 15.0 Å². The van der Waals surface area contributed by atoms with Crippen LogP contribution in [0.25, 0.3) is 0 Å². The number of thioether (sulfide) groups is 1. The maximum absolute atomic E-state index is 12.6. The predicted molar refractivity (Wildman–Crippen MR) is 137 cm³/mol. The zero-order valence-electron chi connectivity index (χ0n) is 19.6. The van der Waals surface area contributed by atoms with Crippen LogP contribution in [-0.4, -0.2) is 35.1 Å². The topological polar surface area (TPSA) is 58.6 Å². The maximum atomic E-state index is 12.6. The number of hydrogen-bond donors (Lipinski definition) is 1. The van der Waals surface area contributed by atoms with Crippen LogP contribution in [0.2, 0.25) is 0 Å². The Balaban J connectivity index is 1.33. The molecule has 6 heteroatoms. The molecular formula is C28H30N2O3S. The Bertz CT molecular complexity index is 1100. The summed E-state index contributed by atoms with van der Waals surface area (Å²) in [5.74, 6) is 1.35. The molecular weight excluding hydrogens is 444 g/mol. The van der Waals surface area contributed by atoms with E-state index >= 15 is 0 Å². The van der Waals surface area contributed by atoms with E-state index in [4.69, 9.17) is 4.74 Å². The molecule has 3 aromatic carbocycles. The highest BCUT2D eigenvalue weighted by Crippen LogP contribution is 2.38. The number of benzene rings is 3. The summed E-state index contributed by atoms with van der Waals surface area (Å²) in [7, 11) is 0. The van der Waals surface area contributed by atoms with Gasteiger partial charge in [0.1, 0.15) is 11.1 Å². The molecule has 5 nitrogen and oxygen atoms in total. The van der Waals surface area contributed by atoms with Crippen molar-refractivity contribution in [1.82, 2.24) is 10.2 Å². The van der Waals surface area contributed by atoms with Gasteiger partial charge in [-0.1, -0.05) is 54.6 Å². The number of rotatable bonds is 9. The van der Waals surface area contributed by atoms with Gasteiger partial charge in [-0.15, -0.1) is 11.8 Å². The quantitative estimate of drug-likeness (QED) is 0.462. The van der Waals surface area contributed by atoms with Crippen molar-refractivity contribution < 1.29 is 14.3 Å². The summed E-state index contributed by atoms with van der Waals surface area (Å²) in [6.07, 6.45) is 0.958. The third-order valence-corrected chi connectivity index (χ3v) is 6.91. The van der Waals surface area contributed by atoms with E-state index in [0.29, 0.717) is 24.4 Å². The van der Waals surface area contributed by atoms with Crippen molar-refractivity contribution in [3.05, 3.63) is 101 Å². The van der Waals surface area contributed by atoms with Crippen molar-refractivity contribution in [1.29, 1.82) is 0 Å². The number of amides is 2. The van der Waals surface area contributed by atoms with Gasteiger partial charge >= 0.3 is 0 Å². The van der Waals surface area contributed by atoms with E-state index in [9.17, 15) is 9.59 Å². The zero-order chi connectivity index (χ0) is 23.9. The van der Waals surface area contributed by atoms with Gasteiger partial charge in [0.05, 0.1) is 11.9 Å². The summed E-state index contributed by atoms with van der Waals surface area (Å²) in [6.45, 7) is 5.11. The molecule has 176 valence electrons. The van der Waals surface area contributed by atoms with Crippen LogP contribution in [0.15, 0.2) is 78.9 Å². The van der Waals surface area contributed by atoms with Gasteiger partial charge in [-0.3, -0.25) is 9.59 Å². The van der Waals surface area contributed by atoms with Gasteiger partial charge in [0, 0.05) is 18.7 Å². The van der Waals surface area contributed by atoms with E-state index in [1.807, 2.05) is 85.5 Å². The van der Waals surface area contributed by atoms with Gasteiger partial charge in [0.2, 0.25) is 5.91 Å². The number of hydrogen-bond acceptors (Lipinski definition) is 4. The standard InChI is InChI=1S/C28H30N2O3S/c1-20(2)33-25-14-8-22(9-15-25)18-29-27(32)23-10-12-24(13-11-23)28-30(26(31)19-34-28)17-16-21-6-4-3-5-7-21/h3-15,20,28H,16-19H2,1-2H3,(H,29,32)/t28-/m1/s1. The second-order valence-corrected chi connectivity index (χ2v) is 9.67. The van der Waals surface area contributed by atoms with E-state index in [-0.39, 0.29) is 23.3 Å². The normalized spacial score (nSPS) is 15.6. The predicted octanol–water partition coefficient (Wildman–Crippen LogP) is 5.22. The summed E-state index contributed by atoms with van der Waals surface area (Å²) in [5, 5.41) is 2.96. The lowest BCUT2D eigenvalue weighted by molar-refractivity contribution is -0.128. The first-order valence-corrected chi connectivity index (χ1v) is 12.6. The van der Waals surface area contributed by atoms with Crippen molar-refractivity contribution in [3.8, 4) is 5.75 Å². The molecule has 0 aromatic heterocycles. The Labute approximate surface area is 205 Å². The summed E-state index contributed by atoms with van der Waals surface area (Å²) < 4.78 is 5.66. The molecule has 0 radical (unpaired) electrons. The Morgan fingerprint density at radius 1 is 1.00 bits per heavy atom. The fourth-order valence-corrected chi connectivity index (χ4v) is 5.13. The molecule has 0 bridgehead atoms. The molecule has 1 atom stereocenters. The molecule has 1 aliphatic heterocycles. The lowest BCUT2D eigenvalue weighted by atomic mass is 10.1. The van der Waals surface area contributed by atoms with Crippen molar-refractivity contribution in [3.63, 3.8) is 0 Å². The fraction of sp³-hybridized carbons (Fsp3) is 0.286. The monoisotopic (exact) mass is 474 g/mol. The van der Waals surface area contributed by atoms with Crippen molar-refractivity contribution in [2.75, 3.05) is 12.3 Å². The molecule has 0 aliphatic carbocycles. The molecule has 4 rings (SSSR count). The third kappa shape index (κ3) is 6.20. The molecule has 1 saturated heterocycles. The molecule has 34 heavy (non-hydrogen) atoms. The van der Waals surface area contributed by atoms with Gasteiger partial charge in [0.15, 0.2) is 0 Å². The average molecular weight is 475 g/mol. The largest absolute Gasteiger partial charge is 0.491 e. The van der Waals surface area contributed by atoms with Gasteiger partial charge in [-0.2, -0.15) is 0 Å². The van der Waals surface area contributed by atoms with Gasteiger partial charge in [0.25, 0.3) is 5.91 Å². The number of nitrogens with one attached hydrogen (secondary N) is 1. The molecule has 1 heterocycles. The van der Waals surface area contributed by atoms with Crippen molar-refractivity contribution in [2.24, 2.45) is 0 Å². The summed E-state index contributed by atoms with van der Waals surface area (Å²) in [4.78, 5) is 27.1. The minimum atomic E-state index is -0.120. The second kappa shape index (κ2) is 11.3. The highest BCUT2D eigenvalue weighted by molar-refractivity contribution is 8.00. The molecule has 2 amide bonds. The third-order valence-electron chi connectivity index (χ3n) is 5.66. The number of carbonyl (C=O) groups excluding carboxylic acids is 2. The van der Waals surface area contributed by atoms with E-state index in [2.05, 4.69) is 17.4 Å². The molecule has 1 aliphatic rings. The molecule has 1 fully saturated rings. The maximum Gasteiger partial charge on any atom is 0.251 e. The van der Waals surface area contributed by atoms with Crippen LogP contribution in [-0.2, 0) is 17.8 Å². The summed E-state index contributed by atoms with van der Waals surface area (Å²) in [5.41, 5.74) is 3.88. The van der Waals surface area contributed by atoms with E-state index in [0.717, 1.165) is 23.3 Å². The highest BCUT2D eigenvalue weighted by Gasteiger charge is 2.32. The first kappa shape index (κ1) is 23.9. The van der Waals surface area contributed by atoms with Crippen LogP contribution in [0.4, 0.5) is 0 Å². The van der Waals surface area contributed by atoms with Crippen LogP contribution < -0.4 is 10.1 Å². The van der Waals surface area contributed by atoms with Gasteiger partial charge in [-0.05, 0) is 61.2 Å². The SMILES string of the molecule is CC(C)Oc1ccc(CNC(=O)c2ccc([C@H]3SCC(=O)N3CCc3ccccc3)cc2)cc1. The van der Waals surface area contributed by atoms with Crippen LogP contribution in [0.5, 0.6) is 5.75 Å². The summed E-state index contributed by atoms with van der Waals surface area (Å²) >= 11 is 1.64. The number of nitrogens with zero attached hydrogens (tertiary/aromatic N) is 1. The van der Waals surface area contributed by atoms with Crippen molar-refractivity contribution in [2.45, 2.75) is 38.3 Å². The Kier molecular flexibility index (Phi) is 7.91. The zero-order valence-corrected chi connectivity index (χ0v) is 20.4. The number of carbonyl (C=O) groups is 2. The lowest BCUT2D eigenvalue weighted by Crippen LogP contribution is -2.30. The van der Waals surface area contributed by atoms with E-state index < -0.39 is 0 Å². The Hall–Kier alpha value is -3.25. The Morgan fingerprint density at radius 2 is 1.71 bits per heavy atom. The second-order valence-electron chi connectivity index (χ2n) is 8.60. The first-order chi connectivity index (χ1) is 16.5. The minimum absolute atomic E-state index is 0.0140. The molecule has 1 N–H and O–H groups in total. The molecule has 3 aromatic rings. The van der Waals surface area contributed by atoms with Crippen LogP contribution in [0.1, 0.15) is 46.3 Å². The van der Waals surface area contributed by atoms with Gasteiger partial charge in [-0.25, -0.2) is 0 Å². The lowest BCUT2D eigenvalue weighted by Gasteiger charge is -2.24. The molecule has 0 spiro atoms. The van der Waals surface area contributed by atoms with E-state index in [1.54, 1.807) is 11.8 Å². The smallest absolute Gasteiger partial charge is 0.251 e. The fourth-order valence-electron chi connectivity index (χ4n) is 3.91. The van der Waals surface area contributed by atoms with Crippen LogP contribution in [0.3, 0.4) is 0 Å². The number of ether oxygens (including phenoxy) is 1. The minimum Gasteiger partial charge on any atom is -0.491 e. The summed E-state index contributed by atoms with van der Waals surface area (Å²) in [6, 6.07) is 25.6.